The van der Waals surface area contributed by atoms with Gasteiger partial charge in [-0.15, -0.1) is 0 Å². The van der Waals surface area contributed by atoms with E-state index in [-0.39, 0.29) is 17.7 Å². The Balaban J connectivity index is 1.97. The summed E-state index contributed by atoms with van der Waals surface area (Å²) in [4.78, 5) is 29.4. The second kappa shape index (κ2) is 11.4. The number of fused-ring (bicyclic) bond motifs is 1. The molecule has 7 nitrogen and oxygen atoms in total. The van der Waals surface area contributed by atoms with Gasteiger partial charge >= 0.3 is 0 Å². The molecule has 1 aliphatic rings. The van der Waals surface area contributed by atoms with Crippen molar-refractivity contribution in [3.05, 3.63) is 79.6 Å². The minimum atomic E-state index is -0.491. The maximum absolute atomic E-state index is 13.3. The van der Waals surface area contributed by atoms with Crippen LogP contribution in [0.5, 0.6) is 0 Å². The molecule has 164 valence electrons. The number of nitrogens with zero attached hydrogens (tertiary/aromatic N) is 4. The van der Waals surface area contributed by atoms with Crippen molar-refractivity contribution in [1.82, 2.24) is 9.88 Å². The standard InChI is InChI=1S/C24H31N5O2/c1-2-3-15-29-22-14-10-5-4-7-13-19(22)16-20(24(29)31)23(30)27-21(17-26-28-25)18-11-8-6-9-12-18/h6,8-9,11-12,16,21H,2-5,7,10,13-15,17H2,1H3,(H,27,30)/t21-/m0/s1. The van der Waals surface area contributed by atoms with Gasteiger partial charge in [0.2, 0.25) is 0 Å². The maximum atomic E-state index is 13.3. The molecule has 1 aromatic heterocycles. The van der Waals surface area contributed by atoms with Crippen LogP contribution >= 0.6 is 0 Å². The molecule has 0 spiro atoms. The third-order valence-corrected chi connectivity index (χ3v) is 5.91. The number of carbonyl (C=O) groups excluding carboxylic acids is 1. The van der Waals surface area contributed by atoms with Crippen LogP contribution in [0.4, 0.5) is 0 Å². The Bertz CT molecular complexity index is 993. The molecule has 0 saturated heterocycles. The third-order valence-electron chi connectivity index (χ3n) is 5.91. The number of carbonyl (C=O) groups is 1. The minimum absolute atomic E-state index is 0.0845. The first-order valence-electron chi connectivity index (χ1n) is 11.3. The molecule has 1 N–H and O–H groups in total. The predicted octanol–water partition coefficient (Wildman–Crippen LogP) is 5.09. The van der Waals surface area contributed by atoms with E-state index in [1.807, 2.05) is 34.9 Å². The number of aryl methyl sites for hydroxylation is 1. The van der Waals surface area contributed by atoms with Crippen molar-refractivity contribution < 1.29 is 4.79 Å². The molecule has 0 unspecified atom stereocenters. The van der Waals surface area contributed by atoms with Gasteiger partial charge in [-0.25, -0.2) is 0 Å². The fraction of sp³-hybridized carbons (Fsp3) is 0.500. The van der Waals surface area contributed by atoms with E-state index in [1.54, 1.807) is 6.07 Å². The van der Waals surface area contributed by atoms with Gasteiger partial charge in [-0.2, -0.15) is 0 Å². The van der Waals surface area contributed by atoms with Crippen LogP contribution in [0.2, 0.25) is 0 Å². The third kappa shape index (κ3) is 5.76. The van der Waals surface area contributed by atoms with Gasteiger partial charge in [-0.3, -0.25) is 9.59 Å². The van der Waals surface area contributed by atoms with Crippen LogP contribution in [-0.2, 0) is 19.4 Å². The lowest BCUT2D eigenvalue weighted by atomic mass is 9.95. The molecule has 1 atom stereocenters. The first-order valence-corrected chi connectivity index (χ1v) is 11.3. The Labute approximate surface area is 183 Å². The van der Waals surface area contributed by atoms with Crippen molar-refractivity contribution in [1.29, 1.82) is 0 Å². The van der Waals surface area contributed by atoms with E-state index in [0.29, 0.717) is 6.54 Å². The predicted molar refractivity (Wildman–Crippen MR) is 122 cm³/mol. The van der Waals surface area contributed by atoms with Crippen LogP contribution in [0, 0.1) is 0 Å². The van der Waals surface area contributed by atoms with Gasteiger partial charge < -0.3 is 9.88 Å². The second-order valence-electron chi connectivity index (χ2n) is 8.10. The lowest BCUT2D eigenvalue weighted by Crippen LogP contribution is -2.37. The van der Waals surface area contributed by atoms with Gasteiger partial charge in [0.05, 0.1) is 12.6 Å². The normalized spacial score (nSPS) is 14.5. The Morgan fingerprint density at radius 1 is 1.19 bits per heavy atom. The highest BCUT2D eigenvalue weighted by Gasteiger charge is 2.22. The molecule has 31 heavy (non-hydrogen) atoms. The molecule has 0 radical (unpaired) electrons. The van der Waals surface area contributed by atoms with Crippen LogP contribution in [-0.4, -0.2) is 17.0 Å². The molecular formula is C24H31N5O2. The maximum Gasteiger partial charge on any atom is 0.263 e. The first-order chi connectivity index (χ1) is 15.2. The summed E-state index contributed by atoms with van der Waals surface area (Å²) < 4.78 is 1.84. The van der Waals surface area contributed by atoms with Crippen molar-refractivity contribution in [2.75, 3.05) is 6.54 Å². The highest BCUT2D eigenvalue weighted by Crippen LogP contribution is 2.21. The summed E-state index contributed by atoms with van der Waals surface area (Å²) in [6.07, 6.45) is 8.18. The number of pyridine rings is 1. The number of rotatable bonds is 8. The zero-order valence-electron chi connectivity index (χ0n) is 18.2. The summed E-state index contributed by atoms with van der Waals surface area (Å²) in [7, 11) is 0. The largest absolute Gasteiger partial charge is 0.345 e. The fourth-order valence-electron chi connectivity index (χ4n) is 4.22. The van der Waals surface area contributed by atoms with Crippen LogP contribution in [0.15, 0.2) is 46.3 Å². The lowest BCUT2D eigenvalue weighted by Gasteiger charge is -2.22. The number of nitrogens with one attached hydrogen (secondary N) is 1. The van der Waals surface area contributed by atoms with Crippen LogP contribution in [0.3, 0.4) is 0 Å². The summed E-state index contributed by atoms with van der Waals surface area (Å²) >= 11 is 0. The topological polar surface area (TPSA) is 99.9 Å². The number of benzene rings is 1. The van der Waals surface area contributed by atoms with E-state index in [9.17, 15) is 9.59 Å². The molecule has 2 aromatic rings. The van der Waals surface area contributed by atoms with E-state index in [1.165, 1.54) is 12.8 Å². The molecule has 7 heteroatoms. The molecule has 0 bridgehead atoms. The van der Waals surface area contributed by atoms with Gasteiger partial charge in [-0.1, -0.05) is 61.6 Å². The Morgan fingerprint density at radius 3 is 2.65 bits per heavy atom. The van der Waals surface area contributed by atoms with Crippen molar-refractivity contribution in [2.24, 2.45) is 5.11 Å². The number of hydrogen-bond donors (Lipinski definition) is 1. The minimum Gasteiger partial charge on any atom is -0.345 e. The van der Waals surface area contributed by atoms with E-state index in [4.69, 9.17) is 5.53 Å². The van der Waals surface area contributed by atoms with E-state index >= 15 is 0 Å². The number of aromatic nitrogens is 1. The average Bonchev–Trinajstić information content (AvgIpc) is 2.77. The number of amides is 1. The summed E-state index contributed by atoms with van der Waals surface area (Å²) in [5, 5.41) is 6.58. The van der Waals surface area contributed by atoms with E-state index < -0.39 is 11.9 Å². The van der Waals surface area contributed by atoms with Gasteiger partial charge in [0.25, 0.3) is 11.5 Å². The summed E-state index contributed by atoms with van der Waals surface area (Å²) in [5.41, 5.74) is 11.8. The molecule has 0 aliphatic heterocycles. The monoisotopic (exact) mass is 421 g/mol. The van der Waals surface area contributed by atoms with Crippen molar-refractivity contribution in [3.63, 3.8) is 0 Å². The summed E-state index contributed by atoms with van der Waals surface area (Å²) in [6, 6.07) is 10.7. The van der Waals surface area contributed by atoms with Crippen LogP contribution in [0.25, 0.3) is 10.4 Å². The van der Waals surface area contributed by atoms with Gasteiger partial charge in [0, 0.05) is 17.2 Å². The molecule has 0 fully saturated rings. The molecule has 1 heterocycles. The van der Waals surface area contributed by atoms with Crippen LogP contribution in [0.1, 0.15) is 78.7 Å². The summed E-state index contributed by atoms with van der Waals surface area (Å²) in [6.45, 7) is 2.83. The number of azide groups is 1. The zero-order valence-corrected chi connectivity index (χ0v) is 18.2. The van der Waals surface area contributed by atoms with Crippen LogP contribution < -0.4 is 10.9 Å². The van der Waals surface area contributed by atoms with E-state index in [0.717, 1.165) is 55.3 Å². The van der Waals surface area contributed by atoms with Crippen molar-refractivity contribution in [2.45, 2.75) is 70.9 Å². The molecule has 3 rings (SSSR count). The molecule has 0 saturated carbocycles. The van der Waals surface area contributed by atoms with Gasteiger partial charge in [0.15, 0.2) is 0 Å². The molecule has 1 amide bonds. The van der Waals surface area contributed by atoms with E-state index in [2.05, 4.69) is 22.3 Å². The summed E-state index contributed by atoms with van der Waals surface area (Å²) in [5.74, 6) is -0.415. The zero-order chi connectivity index (χ0) is 22.1. The highest BCUT2D eigenvalue weighted by atomic mass is 16.2. The van der Waals surface area contributed by atoms with Gasteiger partial charge in [0.1, 0.15) is 5.56 Å². The number of unbranched alkanes of at least 4 members (excludes halogenated alkanes) is 1. The SMILES string of the molecule is CCCCn1c2c(cc(C(=O)N[C@@H](CN=[N+]=[N-])c3ccccc3)c1=O)CCCCCC2. The Morgan fingerprint density at radius 2 is 1.94 bits per heavy atom. The molecule has 1 aliphatic carbocycles. The van der Waals surface area contributed by atoms with Crippen molar-refractivity contribution in [3.8, 4) is 0 Å². The fourth-order valence-corrected chi connectivity index (χ4v) is 4.22. The number of hydrogen-bond acceptors (Lipinski definition) is 3. The first kappa shape index (κ1) is 22.6. The smallest absolute Gasteiger partial charge is 0.263 e. The molecule has 1 aromatic carbocycles. The average molecular weight is 422 g/mol. The Hall–Kier alpha value is -3.05. The quantitative estimate of drug-likeness (QED) is 0.365. The Kier molecular flexibility index (Phi) is 8.30. The molecular weight excluding hydrogens is 390 g/mol. The highest BCUT2D eigenvalue weighted by molar-refractivity contribution is 5.94. The second-order valence-corrected chi connectivity index (χ2v) is 8.10. The lowest BCUT2D eigenvalue weighted by molar-refractivity contribution is 0.0935. The van der Waals surface area contributed by atoms with Gasteiger partial charge in [-0.05, 0) is 54.8 Å². The van der Waals surface area contributed by atoms with Crippen molar-refractivity contribution >= 4 is 5.91 Å².